The molecule has 1 atom stereocenters. The first kappa shape index (κ1) is 26.6. The van der Waals surface area contributed by atoms with Crippen LogP contribution in [0.4, 0.5) is 11.5 Å². The summed E-state index contributed by atoms with van der Waals surface area (Å²) in [6.07, 6.45) is 6.82. The number of hydrogen-bond donors (Lipinski definition) is 2. The average molecular weight is 513 g/mol. The van der Waals surface area contributed by atoms with Gasteiger partial charge in [0.2, 0.25) is 0 Å². The molecule has 1 aliphatic rings. The number of carbonyl (C=O) groups excluding carboxylic acids is 1. The molecule has 2 N–H and O–H groups in total. The Kier molecular flexibility index (Phi) is 8.24. The van der Waals surface area contributed by atoms with Crippen molar-refractivity contribution in [1.82, 2.24) is 14.6 Å². The SMILES string of the molecule is CC(C)(O)COc1cc(-c2ccc(N3CCC(C=O)C3)nc2)c2c(C#N)cnn2c1.CNc1ccccc1. The average Bonchev–Trinajstić information content (AvgIpc) is 3.59. The smallest absolute Gasteiger partial charge is 0.138 e. The molecule has 1 aromatic carbocycles. The molecule has 1 unspecified atom stereocenters. The van der Waals surface area contributed by atoms with Crippen LogP contribution in [0.15, 0.2) is 67.1 Å². The number of pyridine rings is 2. The second-order valence-electron chi connectivity index (χ2n) is 9.81. The van der Waals surface area contributed by atoms with E-state index >= 15 is 0 Å². The summed E-state index contributed by atoms with van der Waals surface area (Å²) in [5.74, 6) is 1.41. The van der Waals surface area contributed by atoms with E-state index in [1.165, 1.54) is 6.20 Å². The maximum Gasteiger partial charge on any atom is 0.138 e. The number of nitrogens with zero attached hydrogens (tertiary/aromatic N) is 5. The molecule has 5 rings (SSSR count). The van der Waals surface area contributed by atoms with E-state index in [0.717, 1.165) is 41.9 Å². The van der Waals surface area contributed by atoms with Crippen LogP contribution in [-0.2, 0) is 4.79 Å². The van der Waals surface area contributed by atoms with Crippen LogP contribution in [0, 0.1) is 17.2 Å². The van der Waals surface area contributed by atoms with E-state index in [4.69, 9.17) is 4.74 Å². The minimum atomic E-state index is -0.977. The second kappa shape index (κ2) is 11.8. The number of nitrogens with one attached hydrogen (secondary N) is 1. The predicted molar refractivity (Wildman–Crippen MR) is 147 cm³/mol. The topological polar surface area (TPSA) is 116 Å². The molecule has 1 aliphatic heterocycles. The second-order valence-corrected chi connectivity index (χ2v) is 9.81. The predicted octanol–water partition coefficient (Wildman–Crippen LogP) is 4.17. The van der Waals surface area contributed by atoms with Crippen molar-refractivity contribution < 1.29 is 14.6 Å². The largest absolute Gasteiger partial charge is 0.489 e. The number of nitriles is 1. The van der Waals surface area contributed by atoms with Gasteiger partial charge in [-0.3, -0.25) is 0 Å². The quantitative estimate of drug-likeness (QED) is 0.355. The zero-order valence-electron chi connectivity index (χ0n) is 21.8. The molecule has 1 fully saturated rings. The van der Waals surface area contributed by atoms with Crippen molar-refractivity contribution in [2.24, 2.45) is 5.92 Å². The van der Waals surface area contributed by atoms with Gasteiger partial charge in [0, 0.05) is 49.1 Å². The lowest BCUT2D eigenvalue weighted by Gasteiger charge is -2.19. The highest BCUT2D eigenvalue weighted by Crippen LogP contribution is 2.32. The molecular formula is C29H32N6O3. The van der Waals surface area contributed by atoms with Gasteiger partial charge >= 0.3 is 0 Å². The molecule has 3 aromatic heterocycles. The maximum absolute atomic E-state index is 11.0. The number of aromatic nitrogens is 3. The zero-order valence-corrected chi connectivity index (χ0v) is 21.8. The summed E-state index contributed by atoms with van der Waals surface area (Å²) in [4.78, 5) is 17.7. The van der Waals surface area contributed by atoms with Crippen LogP contribution in [0.1, 0.15) is 25.8 Å². The monoisotopic (exact) mass is 512 g/mol. The first-order valence-electron chi connectivity index (χ1n) is 12.5. The molecule has 0 spiro atoms. The van der Waals surface area contributed by atoms with Crippen molar-refractivity contribution in [1.29, 1.82) is 5.26 Å². The number of hydrogen-bond acceptors (Lipinski definition) is 8. The molecule has 0 amide bonds. The summed E-state index contributed by atoms with van der Waals surface area (Å²) >= 11 is 0. The Morgan fingerprint density at radius 1 is 1.24 bits per heavy atom. The fraction of sp³-hybridized carbons (Fsp3) is 0.310. The summed E-state index contributed by atoms with van der Waals surface area (Å²) in [5.41, 5.74) is 2.90. The molecule has 0 aliphatic carbocycles. The lowest BCUT2D eigenvalue weighted by atomic mass is 10.1. The molecule has 4 aromatic rings. The molecule has 9 heteroatoms. The van der Waals surface area contributed by atoms with Gasteiger partial charge < -0.3 is 24.9 Å². The highest BCUT2D eigenvalue weighted by molar-refractivity contribution is 5.85. The lowest BCUT2D eigenvalue weighted by molar-refractivity contribution is -0.110. The van der Waals surface area contributed by atoms with Crippen molar-refractivity contribution in [3.05, 3.63) is 72.7 Å². The maximum atomic E-state index is 11.0. The standard InChI is InChI=1S/C22H23N5O3.C7H9N/c1-22(2,29)14-30-18-7-19(21-17(8-23)10-25-27(21)12-18)16-3-4-20(24-9-16)26-6-5-15(11-26)13-28;1-8-7-5-3-2-4-6-7/h3-4,7,9-10,12-13,15,29H,5-6,11,14H2,1-2H3;2-6,8H,1H3. The third-order valence-electron chi connectivity index (χ3n) is 6.16. The Labute approximate surface area is 222 Å². The minimum Gasteiger partial charge on any atom is -0.489 e. The van der Waals surface area contributed by atoms with Gasteiger partial charge in [-0.2, -0.15) is 10.4 Å². The van der Waals surface area contributed by atoms with Gasteiger partial charge in [0.1, 0.15) is 30.5 Å². The Balaban J connectivity index is 0.000000360. The normalized spacial score (nSPS) is 14.9. The van der Waals surface area contributed by atoms with Gasteiger partial charge in [-0.1, -0.05) is 18.2 Å². The number of anilines is 2. The molecule has 0 saturated carbocycles. The van der Waals surface area contributed by atoms with E-state index in [2.05, 4.69) is 26.4 Å². The van der Waals surface area contributed by atoms with Crippen LogP contribution in [-0.4, -0.2) is 58.3 Å². The molecule has 0 bridgehead atoms. The van der Waals surface area contributed by atoms with Crippen LogP contribution < -0.4 is 15.0 Å². The number of benzene rings is 1. The van der Waals surface area contributed by atoms with Gasteiger partial charge in [-0.05, 0) is 50.6 Å². The first-order valence-corrected chi connectivity index (χ1v) is 12.5. The summed E-state index contributed by atoms with van der Waals surface area (Å²) in [7, 11) is 1.91. The Morgan fingerprint density at radius 3 is 2.61 bits per heavy atom. The third-order valence-corrected chi connectivity index (χ3v) is 6.16. The molecule has 9 nitrogen and oxygen atoms in total. The van der Waals surface area contributed by atoms with E-state index < -0.39 is 5.60 Å². The van der Waals surface area contributed by atoms with E-state index in [1.807, 2.05) is 55.6 Å². The number of para-hydroxylation sites is 1. The Bertz CT molecular complexity index is 1400. The van der Waals surface area contributed by atoms with Crippen molar-refractivity contribution in [2.45, 2.75) is 25.9 Å². The van der Waals surface area contributed by atoms with E-state index in [1.54, 1.807) is 30.8 Å². The molecule has 1 saturated heterocycles. The van der Waals surface area contributed by atoms with Crippen LogP contribution in [0.2, 0.25) is 0 Å². The minimum absolute atomic E-state index is 0.0562. The number of rotatable bonds is 7. The number of fused-ring (bicyclic) bond motifs is 1. The number of aliphatic hydroxyl groups is 1. The zero-order chi connectivity index (χ0) is 27.1. The summed E-state index contributed by atoms with van der Waals surface area (Å²) in [6, 6.07) is 17.9. The summed E-state index contributed by atoms with van der Waals surface area (Å²) in [6.45, 7) is 4.95. The third kappa shape index (κ3) is 6.47. The van der Waals surface area contributed by atoms with E-state index in [0.29, 0.717) is 23.4 Å². The van der Waals surface area contributed by atoms with Gasteiger partial charge in [0.15, 0.2) is 0 Å². The summed E-state index contributed by atoms with van der Waals surface area (Å²) in [5, 5.41) is 26.8. The van der Waals surface area contributed by atoms with E-state index in [-0.39, 0.29) is 12.5 Å². The highest BCUT2D eigenvalue weighted by atomic mass is 16.5. The van der Waals surface area contributed by atoms with Crippen molar-refractivity contribution >= 4 is 23.3 Å². The molecule has 0 radical (unpaired) electrons. The fourth-order valence-electron chi connectivity index (χ4n) is 4.18. The Morgan fingerprint density at radius 2 is 2.03 bits per heavy atom. The number of carbonyl (C=O) groups is 1. The van der Waals surface area contributed by atoms with Crippen LogP contribution in [0.3, 0.4) is 0 Å². The molecule has 4 heterocycles. The summed E-state index contributed by atoms with van der Waals surface area (Å²) < 4.78 is 7.37. The van der Waals surface area contributed by atoms with Crippen LogP contribution in [0.25, 0.3) is 16.6 Å². The van der Waals surface area contributed by atoms with Gasteiger partial charge in [-0.25, -0.2) is 9.50 Å². The van der Waals surface area contributed by atoms with Crippen molar-refractivity contribution in [3.63, 3.8) is 0 Å². The van der Waals surface area contributed by atoms with Gasteiger partial charge in [-0.15, -0.1) is 0 Å². The van der Waals surface area contributed by atoms with Crippen LogP contribution in [0.5, 0.6) is 5.75 Å². The first-order chi connectivity index (χ1) is 18.3. The van der Waals surface area contributed by atoms with Crippen LogP contribution >= 0.6 is 0 Å². The van der Waals surface area contributed by atoms with Crippen molar-refractivity contribution in [3.8, 4) is 22.9 Å². The molecular weight excluding hydrogens is 480 g/mol. The van der Waals surface area contributed by atoms with Gasteiger partial charge in [0.25, 0.3) is 0 Å². The van der Waals surface area contributed by atoms with Gasteiger partial charge in [0.05, 0.1) is 29.1 Å². The van der Waals surface area contributed by atoms with E-state index in [9.17, 15) is 15.2 Å². The molecule has 196 valence electrons. The lowest BCUT2D eigenvalue weighted by Crippen LogP contribution is -2.27. The fourth-order valence-corrected chi connectivity index (χ4v) is 4.18. The molecule has 38 heavy (non-hydrogen) atoms. The number of aldehydes is 1. The Hall–Kier alpha value is -4.42. The number of ether oxygens (including phenoxy) is 1. The highest BCUT2D eigenvalue weighted by Gasteiger charge is 2.23. The van der Waals surface area contributed by atoms with Crippen molar-refractivity contribution in [2.75, 3.05) is 37.0 Å².